The average molecular weight is 647 g/mol. The molecule has 2 aromatic rings. The van der Waals surface area contributed by atoms with Crippen molar-refractivity contribution in [2.75, 3.05) is 5.75 Å². The lowest BCUT2D eigenvalue weighted by Crippen LogP contribution is -2.51. The van der Waals surface area contributed by atoms with Gasteiger partial charge in [0.1, 0.15) is 5.75 Å². The van der Waals surface area contributed by atoms with Crippen LogP contribution in [0.1, 0.15) is 81.6 Å². The zero-order valence-electron chi connectivity index (χ0n) is 26.1. The van der Waals surface area contributed by atoms with Crippen molar-refractivity contribution in [3.05, 3.63) is 59.7 Å². The van der Waals surface area contributed by atoms with Gasteiger partial charge in [-0.3, -0.25) is 19.4 Å². The first kappa shape index (κ1) is 34.5. The molecule has 0 spiro atoms. The lowest BCUT2D eigenvalue weighted by Gasteiger charge is -2.45. The molecule has 9 nitrogen and oxygen atoms in total. The molecule has 11 heteroatoms. The second-order valence-corrected chi connectivity index (χ2v) is 15.7. The van der Waals surface area contributed by atoms with Crippen molar-refractivity contribution in [2.24, 2.45) is 23.7 Å². The molecule has 0 aliphatic heterocycles. The van der Waals surface area contributed by atoms with Crippen molar-refractivity contribution in [1.29, 1.82) is 0 Å². The van der Waals surface area contributed by atoms with Crippen LogP contribution >= 0.6 is 19.6 Å². The van der Waals surface area contributed by atoms with E-state index in [2.05, 4.69) is 10.6 Å². The van der Waals surface area contributed by atoms with Crippen LogP contribution in [0.4, 0.5) is 0 Å². The minimum atomic E-state index is -4.82. The van der Waals surface area contributed by atoms with Gasteiger partial charge in [0.25, 0.3) is 5.91 Å². The SMILES string of the molecule is Cc1c(OP(=O)(O)O)cccc1C(=O)NC(CSc1ccccc1)C(O)CC1CC2CCCCC2C[C@H]1C(=O)NC(C)(C)C. The minimum Gasteiger partial charge on any atom is -0.404 e. The summed E-state index contributed by atoms with van der Waals surface area (Å²) in [5.41, 5.74) is 0.123. The van der Waals surface area contributed by atoms with E-state index in [0.29, 0.717) is 24.0 Å². The van der Waals surface area contributed by atoms with Crippen molar-refractivity contribution in [3.8, 4) is 5.75 Å². The predicted molar refractivity (Wildman–Crippen MR) is 172 cm³/mol. The number of carbonyl (C=O) groups is 2. The van der Waals surface area contributed by atoms with Crippen LogP contribution in [-0.4, -0.2) is 50.1 Å². The molecule has 2 fully saturated rings. The van der Waals surface area contributed by atoms with Gasteiger partial charge < -0.3 is 20.3 Å². The van der Waals surface area contributed by atoms with E-state index in [1.165, 1.54) is 36.7 Å². The second-order valence-electron chi connectivity index (χ2n) is 13.4. The molecule has 44 heavy (non-hydrogen) atoms. The smallest absolute Gasteiger partial charge is 0.404 e. The lowest BCUT2D eigenvalue weighted by molar-refractivity contribution is -0.132. The molecule has 5 N–H and O–H groups in total. The quantitative estimate of drug-likeness (QED) is 0.151. The van der Waals surface area contributed by atoms with Gasteiger partial charge in [-0.2, -0.15) is 0 Å². The molecule has 242 valence electrons. The third-order valence-electron chi connectivity index (χ3n) is 8.88. The Kier molecular flexibility index (Phi) is 11.6. The van der Waals surface area contributed by atoms with E-state index in [9.17, 15) is 29.0 Å². The molecule has 0 heterocycles. The fraction of sp³-hybridized carbons (Fsp3) is 0.576. The van der Waals surface area contributed by atoms with Gasteiger partial charge in [0.05, 0.1) is 12.1 Å². The molecule has 6 atom stereocenters. The molecule has 2 aliphatic carbocycles. The molecular weight excluding hydrogens is 599 g/mol. The maximum absolute atomic E-state index is 13.6. The fourth-order valence-electron chi connectivity index (χ4n) is 6.78. The van der Waals surface area contributed by atoms with Crippen LogP contribution in [0, 0.1) is 30.6 Å². The van der Waals surface area contributed by atoms with Crippen molar-refractivity contribution >= 4 is 31.4 Å². The van der Waals surface area contributed by atoms with Crippen molar-refractivity contribution in [2.45, 2.75) is 95.2 Å². The summed E-state index contributed by atoms with van der Waals surface area (Å²) in [6.07, 6.45) is 5.88. The van der Waals surface area contributed by atoms with Crippen LogP contribution in [0.15, 0.2) is 53.4 Å². The Bertz CT molecular complexity index is 1330. The van der Waals surface area contributed by atoms with Gasteiger partial charge in [-0.05, 0) is 89.0 Å². The maximum Gasteiger partial charge on any atom is 0.524 e. The Morgan fingerprint density at radius 1 is 1.02 bits per heavy atom. The molecule has 2 saturated carbocycles. The number of hydrogen-bond acceptors (Lipinski definition) is 6. The number of phosphoric ester groups is 1. The topological polar surface area (TPSA) is 145 Å². The van der Waals surface area contributed by atoms with Crippen LogP contribution < -0.4 is 15.2 Å². The number of rotatable bonds is 11. The first-order valence-electron chi connectivity index (χ1n) is 15.5. The normalized spacial score (nSPS) is 23.6. The molecule has 2 amide bonds. The van der Waals surface area contributed by atoms with E-state index >= 15 is 0 Å². The number of carbonyl (C=O) groups excluding carboxylic acids is 2. The summed E-state index contributed by atoms with van der Waals surface area (Å²) in [7, 11) is -4.82. The Labute approximate surface area is 265 Å². The number of amides is 2. The summed E-state index contributed by atoms with van der Waals surface area (Å²) in [4.78, 5) is 46.7. The van der Waals surface area contributed by atoms with Crippen molar-refractivity contribution in [3.63, 3.8) is 0 Å². The molecule has 2 aromatic carbocycles. The van der Waals surface area contributed by atoms with Gasteiger partial charge in [0, 0.05) is 33.2 Å². The second kappa shape index (κ2) is 14.8. The van der Waals surface area contributed by atoms with Crippen LogP contribution in [0.2, 0.25) is 0 Å². The zero-order valence-corrected chi connectivity index (χ0v) is 27.8. The van der Waals surface area contributed by atoms with Gasteiger partial charge in [-0.1, -0.05) is 49.9 Å². The van der Waals surface area contributed by atoms with E-state index < -0.39 is 25.9 Å². The highest BCUT2D eigenvalue weighted by molar-refractivity contribution is 7.99. The van der Waals surface area contributed by atoms with E-state index in [0.717, 1.165) is 30.6 Å². The number of aliphatic hydroxyl groups excluding tert-OH is 1. The van der Waals surface area contributed by atoms with Crippen LogP contribution in [0.25, 0.3) is 0 Å². The molecule has 0 radical (unpaired) electrons. The Balaban J connectivity index is 1.56. The summed E-state index contributed by atoms with van der Waals surface area (Å²) in [5, 5.41) is 17.9. The minimum absolute atomic E-state index is 0.0189. The van der Waals surface area contributed by atoms with Gasteiger partial charge in [-0.25, -0.2) is 4.57 Å². The first-order chi connectivity index (χ1) is 20.7. The zero-order chi connectivity index (χ0) is 32.1. The lowest BCUT2D eigenvalue weighted by atomic mass is 9.62. The number of phosphoric acid groups is 1. The molecular formula is C33H47N2O7PS. The van der Waals surface area contributed by atoms with Crippen LogP contribution in [-0.2, 0) is 9.36 Å². The van der Waals surface area contributed by atoms with Gasteiger partial charge in [0.2, 0.25) is 5.91 Å². The van der Waals surface area contributed by atoms with Crippen molar-refractivity contribution < 1.29 is 33.6 Å². The number of nitrogens with one attached hydrogen (secondary N) is 2. The summed E-state index contributed by atoms with van der Waals surface area (Å²) in [5.74, 6) is 0.725. The highest BCUT2D eigenvalue weighted by Crippen LogP contribution is 2.47. The van der Waals surface area contributed by atoms with E-state index in [1.807, 2.05) is 51.1 Å². The first-order valence-corrected chi connectivity index (χ1v) is 18.1. The summed E-state index contributed by atoms with van der Waals surface area (Å²) >= 11 is 1.52. The Morgan fingerprint density at radius 3 is 2.32 bits per heavy atom. The van der Waals surface area contributed by atoms with Gasteiger partial charge >= 0.3 is 7.82 Å². The van der Waals surface area contributed by atoms with E-state index in [-0.39, 0.29) is 40.2 Å². The number of hydrogen-bond donors (Lipinski definition) is 5. The molecule has 2 aliphatic rings. The summed E-state index contributed by atoms with van der Waals surface area (Å²) in [6, 6.07) is 13.5. The number of thioether (sulfide) groups is 1. The van der Waals surface area contributed by atoms with Gasteiger partial charge in [0.15, 0.2) is 0 Å². The average Bonchev–Trinajstić information content (AvgIpc) is 2.94. The number of fused-ring (bicyclic) bond motifs is 1. The maximum atomic E-state index is 13.6. The molecule has 0 aromatic heterocycles. The van der Waals surface area contributed by atoms with E-state index in [4.69, 9.17) is 4.52 Å². The number of benzene rings is 2. The van der Waals surface area contributed by atoms with Crippen LogP contribution in [0.3, 0.4) is 0 Å². The molecule has 4 rings (SSSR count). The standard InChI is InChI=1S/C33H47N2O7PS/c1-21-26(15-10-16-30(21)42-43(39,40)41)31(37)34-28(20-44-25-13-6-5-7-14-25)29(36)19-24-17-22-11-8-9-12-23(22)18-27(24)32(38)35-33(2,3)4/h5-7,10,13-16,22-24,27-29,36H,8-9,11-12,17-20H2,1-4H3,(H,34,37)(H,35,38)(H2,39,40,41)/t22?,23?,24?,27-,28?,29?/m1/s1. The van der Waals surface area contributed by atoms with E-state index in [1.54, 1.807) is 13.0 Å². The van der Waals surface area contributed by atoms with Crippen LogP contribution in [0.5, 0.6) is 5.75 Å². The third kappa shape index (κ3) is 9.82. The Morgan fingerprint density at radius 2 is 1.68 bits per heavy atom. The predicted octanol–water partition coefficient (Wildman–Crippen LogP) is 5.86. The molecule has 5 unspecified atom stereocenters. The molecule has 0 bridgehead atoms. The highest BCUT2D eigenvalue weighted by Gasteiger charge is 2.43. The van der Waals surface area contributed by atoms with Gasteiger partial charge in [-0.15, -0.1) is 11.8 Å². The molecule has 0 saturated heterocycles. The fourth-order valence-corrected chi connectivity index (χ4v) is 8.26. The third-order valence-corrected chi connectivity index (χ3v) is 10.4. The van der Waals surface area contributed by atoms with Crippen molar-refractivity contribution in [1.82, 2.24) is 10.6 Å². The highest BCUT2D eigenvalue weighted by atomic mass is 32.2. The monoisotopic (exact) mass is 646 g/mol. The number of aliphatic hydroxyl groups is 1. The summed E-state index contributed by atoms with van der Waals surface area (Å²) < 4.78 is 16.2. The largest absolute Gasteiger partial charge is 0.524 e. The summed E-state index contributed by atoms with van der Waals surface area (Å²) in [6.45, 7) is 7.50. The Hall–Kier alpha value is -2.36.